The van der Waals surface area contributed by atoms with E-state index in [0.717, 1.165) is 81.8 Å². The molecule has 466 valence electrons. The summed E-state index contributed by atoms with van der Waals surface area (Å²) in [7, 11) is 0. The zero-order valence-corrected chi connectivity index (χ0v) is 58.2. The van der Waals surface area contributed by atoms with Crippen LogP contribution in [0.25, 0.3) is 61.0 Å². The summed E-state index contributed by atoms with van der Waals surface area (Å²) in [4.78, 5) is 9.98. The van der Waals surface area contributed by atoms with Gasteiger partial charge in [0.25, 0.3) is 0 Å². The molecule has 8 aromatic carbocycles. The van der Waals surface area contributed by atoms with Crippen LogP contribution in [0.15, 0.2) is 158 Å². The molecule has 0 bridgehead atoms. The number of hydrogen-bond donors (Lipinski definition) is 0. The van der Waals surface area contributed by atoms with Gasteiger partial charge >= 0.3 is 0 Å². The number of para-hydroxylation sites is 3. The predicted molar refractivity (Wildman–Crippen MR) is 376 cm³/mol. The van der Waals surface area contributed by atoms with Gasteiger partial charge < -0.3 is 19.1 Å². The van der Waals surface area contributed by atoms with E-state index in [2.05, 4.69) is 223 Å². The Hall–Kier alpha value is -7.20. The third kappa shape index (κ3) is 11.2. The van der Waals surface area contributed by atoms with E-state index in [-0.39, 0.29) is 59.1 Å². The molecule has 0 atom stereocenters. The van der Waals surface area contributed by atoms with Crippen molar-refractivity contribution in [3.8, 4) is 50.7 Å². The van der Waals surface area contributed by atoms with Crippen molar-refractivity contribution >= 4 is 44.6 Å². The fourth-order valence-electron chi connectivity index (χ4n) is 14.5. The number of fused-ring (bicyclic) bond motifs is 6. The Morgan fingerprint density at radius 1 is 0.567 bits per heavy atom. The molecule has 3 heterocycles. The fourth-order valence-corrected chi connectivity index (χ4v) is 14.5. The van der Waals surface area contributed by atoms with E-state index in [1.165, 1.54) is 33.4 Å². The number of rotatable bonds is 9. The van der Waals surface area contributed by atoms with E-state index in [0.29, 0.717) is 44.7 Å². The first kappa shape index (κ1) is 56.8. The summed E-state index contributed by atoms with van der Waals surface area (Å²) < 4.78 is 56.3. The predicted octanol–water partition coefficient (Wildman–Crippen LogP) is 23.2. The molecule has 0 radical (unpaired) electrons. The molecule has 0 spiro atoms. The van der Waals surface area contributed by atoms with E-state index in [9.17, 15) is 2.74 Å². The van der Waals surface area contributed by atoms with Gasteiger partial charge in [-0.1, -0.05) is 226 Å². The average molecular weight is 1370 g/mol. The van der Waals surface area contributed by atoms with Gasteiger partial charge in [-0.2, -0.15) is 12.1 Å². The maximum Gasteiger partial charge on any atom is 0.135 e. The van der Waals surface area contributed by atoms with Crippen molar-refractivity contribution in [3.05, 3.63) is 221 Å². The van der Waals surface area contributed by atoms with E-state index in [1.807, 2.05) is 74.0 Å². The summed E-state index contributed by atoms with van der Waals surface area (Å²) >= 11 is 0. The van der Waals surface area contributed by atoms with E-state index < -0.39 is 18.6 Å². The largest absolute Gasteiger partial charge is 0.509 e. The van der Waals surface area contributed by atoms with Crippen LogP contribution < -0.4 is 14.5 Å². The van der Waals surface area contributed by atoms with Crippen LogP contribution in [0, 0.1) is 31.1 Å². The second kappa shape index (κ2) is 22.3. The van der Waals surface area contributed by atoms with Crippen LogP contribution in [0.1, 0.15) is 195 Å². The third-order valence-electron chi connectivity index (χ3n) is 19.7. The summed E-state index contributed by atoms with van der Waals surface area (Å²) in [6, 6.07) is 59.8. The summed E-state index contributed by atoms with van der Waals surface area (Å²) in [6.07, 6.45) is 4.13. The molecule has 0 unspecified atom stereocenters. The Labute approximate surface area is 559 Å². The molecule has 3 aliphatic rings. The van der Waals surface area contributed by atoms with Crippen LogP contribution in [0.4, 0.5) is 22.7 Å². The van der Waals surface area contributed by atoms with Crippen molar-refractivity contribution in [2.75, 3.05) is 9.80 Å². The van der Waals surface area contributed by atoms with Crippen molar-refractivity contribution in [3.63, 3.8) is 0 Å². The SMILES string of the molecule is [2H]C([2H])([2H])c1cccc2c1c1ccc(Oc3[c-]c(N4[CH-]N(c5c(-c6ccccc6)cccc5-c5cc(C(C)(C)C)cc(C(C)(C)C)c5)c5ccccc54)ccc3)[c-]c1n2-c1cc(C([2H])([2H])C(C)(C)C)c(-c2c3c(cc4c2C(C)(C)CCC4(C)C)C(C)(C)CCC3(C)C)cn1.[Pt]. The molecule has 0 N–H and O–H groups in total. The number of pyridine rings is 1. The molecule has 0 amide bonds. The molecule has 0 fully saturated rings. The minimum absolute atomic E-state index is 0. The van der Waals surface area contributed by atoms with Crippen LogP contribution in [0.5, 0.6) is 11.5 Å². The first-order chi connectivity index (χ1) is 43.9. The van der Waals surface area contributed by atoms with Gasteiger partial charge in [0.1, 0.15) is 5.82 Å². The number of hydrogen-bond acceptors (Lipinski definition) is 4. The molecule has 13 rings (SSSR count). The monoisotopic (exact) mass is 1370 g/mol. The van der Waals surface area contributed by atoms with Crippen LogP contribution in [0.3, 0.4) is 0 Å². The van der Waals surface area contributed by atoms with Gasteiger partial charge in [0, 0.05) is 84.9 Å². The first-order valence-electron chi connectivity index (χ1n) is 34.7. The number of benzene rings is 8. The van der Waals surface area contributed by atoms with E-state index in [4.69, 9.17) is 13.8 Å². The molecule has 0 saturated carbocycles. The number of nitrogens with zero attached hydrogens (tertiary/aromatic N) is 4. The Bertz CT molecular complexity index is 4580. The topological polar surface area (TPSA) is 33.5 Å². The van der Waals surface area contributed by atoms with Crippen molar-refractivity contribution in [2.24, 2.45) is 5.41 Å². The van der Waals surface area contributed by atoms with Crippen LogP contribution in [-0.2, 0) is 59.9 Å². The second-order valence-corrected chi connectivity index (χ2v) is 31.4. The van der Waals surface area contributed by atoms with Gasteiger partial charge in [0.15, 0.2) is 0 Å². The van der Waals surface area contributed by atoms with Crippen LogP contribution >= 0.6 is 0 Å². The van der Waals surface area contributed by atoms with Gasteiger partial charge in [-0.15, -0.1) is 48.1 Å². The molecular weight excluding hydrogens is 1280 g/mol. The van der Waals surface area contributed by atoms with Crippen molar-refractivity contribution in [1.29, 1.82) is 0 Å². The van der Waals surface area contributed by atoms with Gasteiger partial charge in [-0.25, -0.2) is 4.98 Å². The van der Waals surface area contributed by atoms with Crippen LogP contribution in [-0.4, -0.2) is 9.55 Å². The zero-order chi connectivity index (χ0) is 67.4. The van der Waals surface area contributed by atoms with Crippen molar-refractivity contribution < 1.29 is 32.7 Å². The molecule has 1 aliphatic heterocycles. The van der Waals surface area contributed by atoms with Gasteiger partial charge in [-0.3, -0.25) is 0 Å². The summed E-state index contributed by atoms with van der Waals surface area (Å²) in [5.74, 6) is 1.30. The summed E-state index contributed by atoms with van der Waals surface area (Å²) in [5.41, 5.74) is 18.3. The maximum atomic E-state index is 10.4. The first-order valence-corrected chi connectivity index (χ1v) is 32.2. The van der Waals surface area contributed by atoms with Gasteiger partial charge in [0.2, 0.25) is 0 Å². The minimum atomic E-state index is -2.46. The number of aromatic nitrogens is 2. The Morgan fingerprint density at radius 2 is 1.13 bits per heavy atom. The van der Waals surface area contributed by atoms with Crippen molar-refractivity contribution in [1.82, 2.24) is 9.55 Å². The molecule has 0 saturated heterocycles. The molecule has 90 heavy (non-hydrogen) atoms. The molecule has 5 nitrogen and oxygen atoms in total. The normalized spacial score (nSPS) is 17.7. The van der Waals surface area contributed by atoms with E-state index >= 15 is 0 Å². The summed E-state index contributed by atoms with van der Waals surface area (Å²) in [6.45, 7) is 38.4. The van der Waals surface area contributed by atoms with Gasteiger partial charge in [-0.05, 0) is 162 Å². The Kier molecular flexibility index (Phi) is 14.1. The zero-order valence-electron chi connectivity index (χ0n) is 60.9. The number of ether oxygens (including phenoxy) is 1. The molecule has 2 aliphatic carbocycles. The molecule has 2 aromatic heterocycles. The molecule has 10 aromatic rings. The second-order valence-electron chi connectivity index (χ2n) is 31.4. The quantitative estimate of drug-likeness (QED) is 0.135. The fraction of sp³-hybridized carbons (Fsp3) is 0.357. The maximum absolute atomic E-state index is 10.4. The third-order valence-corrected chi connectivity index (χ3v) is 19.7. The summed E-state index contributed by atoms with van der Waals surface area (Å²) in [5, 5.41) is 1.22. The number of aryl methyl sites for hydroxylation is 1. The Balaban J connectivity index is 0.00000864. The van der Waals surface area contributed by atoms with Crippen LogP contribution in [0.2, 0.25) is 0 Å². The smallest absolute Gasteiger partial charge is 0.135 e. The van der Waals surface area contributed by atoms with Crippen molar-refractivity contribution in [2.45, 2.75) is 189 Å². The number of anilines is 4. The van der Waals surface area contributed by atoms with Gasteiger partial charge in [0.05, 0.1) is 0 Å². The minimum Gasteiger partial charge on any atom is -0.509 e. The average Bonchev–Trinajstić information content (AvgIpc) is 1.23. The standard InChI is InChI=1S/C84H91N4O.Pt/c1-53-27-24-36-70-73(53)64-38-37-61(48-71(64)88(70)72-45-56(50-78(2,3)4)65(51-85-72)74-75-66(81(11,12)39-41-83(75,15)16)49-67-76(74)84(17,18)42-40-82(67,13)14)89-60-31-25-30-59(47-60)86-52-87(69-35-23-22-34-68(69)86)77-62(54-28-20-19-21-29-54)32-26-33-63(77)55-43-57(79(5,6)7)46-58(44-55)80(8,9)10;/h19-38,43-46,49,51-52H,39-42,50H2,1-18H3;/q-3;/i1D3,50D2;. The Morgan fingerprint density at radius 3 is 1.74 bits per heavy atom. The molecular formula is C84H91N4OPt-3. The van der Waals surface area contributed by atoms with E-state index in [1.54, 1.807) is 12.1 Å². The molecule has 6 heteroatoms.